The summed E-state index contributed by atoms with van der Waals surface area (Å²) in [6.07, 6.45) is 4.52. The lowest BCUT2D eigenvalue weighted by molar-refractivity contribution is 0.0518. The molecule has 1 heterocycles. The monoisotopic (exact) mass is 294 g/mol. The van der Waals surface area contributed by atoms with Gasteiger partial charge in [-0.25, -0.2) is 4.79 Å². The van der Waals surface area contributed by atoms with Crippen molar-refractivity contribution < 1.29 is 18.7 Å². The van der Waals surface area contributed by atoms with Gasteiger partial charge in [0.05, 0.1) is 11.8 Å². The van der Waals surface area contributed by atoms with Gasteiger partial charge < -0.3 is 19.8 Å². The zero-order chi connectivity index (χ0) is 15.5. The van der Waals surface area contributed by atoms with Crippen molar-refractivity contribution in [2.24, 2.45) is 5.92 Å². The highest BCUT2D eigenvalue weighted by atomic mass is 16.6. The summed E-state index contributed by atoms with van der Waals surface area (Å²) in [5, 5.41) is 5.64. The van der Waals surface area contributed by atoms with E-state index in [1.54, 1.807) is 6.07 Å². The first kappa shape index (κ1) is 15.4. The Hall–Kier alpha value is -1.98. The summed E-state index contributed by atoms with van der Waals surface area (Å²) in [6.45, 7) is 5.80. The second-order valence-corrected chi connectivity index (χ2v) is 6.31. The summed E-state index contributed by atoms with van der Waals surface area (Å²) >= 11 is 0. The fourth-order valence-electron chi connectivity index (χ4n) is 1.99. The van der Waals surface area contributed by atoms with Gasteiger partial charge in [0, 0.05) is 12.6 Å². The number of carbonyl (C=O) groups excluding carboxylic acids is 2. The van der Waals surface area contributed by atoms with E-state index in [0.717, 1.165) is 12.8 Å². The van der Waals surface area contributed by atoms with E-state index in [1.807, 2.05) is 20.8 Å². The van der Waals surface area contributed by atoms with E-state index in [0.29, 0.717) is 18.0 Å². The van der Waals surface area contributed by atoms with E-state index >= 15 is 0 Å². The average Bonchev–Trinajstić information content (AvgIpc) is 3.06. The third-order valence-electron chi connectivity index (χ3n) is 3.16. The van der Waals surface area contributed by atoms with Gasteiger partial charge in [-0.2, -0.15) is 0 Å². The summed E-state index contributed by atoms with van der Waals surface area (Å²) in [4.78, 5) is 23.7. The van der Waals surface area contributed by atoms with Gasteiger partial charge in [-0.3, -0.25) is 4.79 Å². The minimum Gasteiger partial charge on any atom is -0.472 e. The molecule has 1 fully saturated rings. The molecule has 6 heteroatoms. The number of rotatable bonds is 5. The molecular weight excluding hydrogens is 272 g/mol. The van der Waals surface area contributed by atoms with Crippen LogP contribution in [0.1, 0.15) is 44.0 Å². The zero-order valence-electron chi connectivity index (χ0n) is 12.6. The smallest absolute Gasteiger partial charge is 0.407 e. The lowest BCUT2D eigenvalue weighted by Gasteiger charge is -2.22. The van der Waals surface area contributed by atoms with Crippen LogP contribution in [-0.4, -0.2) is 30.2 Å². The van der Waals surface area contributed by atoms with Crippen molar-refractivity contribution in [3.63, 3.8) is 0 Å². The number of ether oxygens (including phenoxy) is 1. The first-order valence-corrected chi connectivity index (χ1v) is 7.15. The third-order valence-corrected chi connectivity index (χ3v) is 3.16. The minimum absolute atomic E-state index is 0.0834. The summed E-state index contributed by atoms with van der Waals surface area (Å²) in [7, 11) is 0. The Balaban J connectivity index is 1.83. The van der Waals surface area contributed by atoms with Crippen molar-refractivity contribution in [3.05, 3.63) is 24.2 Å². The Morgan fingerprint density at radius 1 is 1.43 bits per heavy atom. The predicted molar refractivity (Wildman–Crippen MR) is 76.9 cm³/mol. The molecule has 1 aromatic rings. The van der Waals surface area contributed by atoms with Crippen LogP contribution in [0.3, 0.4) is 0 Å². The quantitative estimate of drug-likeness (QED) is 0.873. The summed E-state index contributed by atoms with van der Waals surface area (Å²) < 4.78 is 10.1. The number of nitrogens with one attached hydrogen (secondary N) is 2. The molecule has 2 rings (SSSR count). The van der Waals surface area contributed by atoms with Gasteiger partial charge in [0.2, 0.25) is 0 Å². The summed E-state index contributed by atoms with van der Waals surface area (Å²) in [5.41, 5.74) is -0.0444. The topological polar surface area (TPSA) is 80.6 Å². The Kier molecular flexibility index (Phi) is 4.55. The molecule has 2 amide bonds. The van der Waals surface area contributed by atoms with Gasteiger partial charge in [0.1, 0.15) is 11.9 Å². The van der Waals surface area contributed by atoms with Crippen LogP contribution >= 0.6 is 0 Å². The highest BCUT2D eigenvalue weighted by Gasteiger charge is 2.33. The molecule has 1 aliphatic rings. The van der Waals surface area contributed by atoms with Crippen LogP contribution in [0.5, 0.6) is 0 Å². The Labute approximate surface area is 124 Å². The van der Waals surface area contributed by atoms with Crippen molar-refractivity contribution in [3.8, 4) is 0 Å². The lowest BCUT2D eigenvalue weighted by atomic mass is 10.1. The van der Waals surface area contributed by atoms with Crippen molar-refractivity contribution >= 4 is 12.0 Å². The molecule has 1 aromatic heterocycles. The molecule has 0 aliphatic heterocycles. The van der Waals surface area contributed by atoms with Crippen LogP contribution in [-0.2, 0) is 4.74 Å². The number of hydrogen-bond donors (Lipinski definition) is 2. The van der Waals surface area contributed by atoms with Crippen molar-refractivity contribution in [2.75, 3.05) is 6.54 Å². The van der Waals surface area contributed by atoms with E-state index < -0.39 is 11.7 Å². The molecular formula is C15H22N2O4. The number of amides is 2. The number of alkyl carbamates (subject to hydrolysis) is 1. The van der Waals surface area contributed by atoms with Crippen LogP contribution in [0.2, 0.25) is 0 Å². The molecule has 0 unspecified atom stereocenters. The van der Waals surface area contributed by atoms with Gasteiger partial charge >= 0.3 is 6.09 Å². The zero-order valence-corrected chi connectivity index (χ0v) is 12.6. The fraction of sp³-hybridized carbons (Fsp3) is 0.600. The molecule has 2 N–H and O–H groups in total. The summed E-state index contributed by atoms with van der Waals surface area (Å²) in [6, 6.07) is 1.53. The Morgan fingerprint density at radius 3 is 2.67 bits per heavy atom. The molecule has 1 aliphatic carbocycles. The second kappa shape index (κ2) is 6.20. The van der Waals surface area contributed by atoms with Crippen LogP contribution < -0.4 is 10.6 Å². The molecule has 21 heavy (non-hydrogen) atoms. The molecule has 116 valence electrons. The molecule has 0 aromatic carbocycles. The number of carbonyl (C=O) groups is 2. The highest BCUT2D eigenvalue weighted by molar-refractivity contribution is 5.94. The maximum Gasteiger partial charge on any atom is 0.407 e. The molecule has 1 saturated carbocycles. The van der Waals surface area contributed by atoms with Crippen LogP contribution in [0.15, 0.2) is 23.0 Å². The van der Waals surface area contributed by atoms with Crippen molar-refractivity contribution in [2.45, 2.75) is 45.3 Å². The summed E-state index contributed by atoms with van der Waals surface area (Å²) in [5.74, 6) is 0.224. The first-order valence-electron chi connectivity index (χ1n) is 7.15. The van der Waals surface area contributed by atoms with E-state index in [4.69, 9.17) is 9.15 Å². The normalized spacial score (nSPS) is 16.1. The van der Waals surface area contributed by atoms with Crippen LogP contribution in [0, 0.1) is 5.92 Å². The lowest BCUT2D eigenvalue weighted by Crippen LogP contribution is -2.46. The number of hydrogen-bond acceptors (Lipinski definition) is 4. The molecule has 0 spiro atoms. The van der Waals surface area contributed by atoms with E-state index in [2.05, 4.69) is 10.6 Å². The maximum atomic E-state index is 12.0. The minimum atomic E-state index is -0.529. The first-order chi connectivity index (χ1) is 9.85. The SMILES string of the molecule is CC(C)(C)OC(=O)NC[C@@H](NC(=O)c1ccoc1)C1CC1. The fourth-order valence-corrected chi connectivity index (χ4v) is 1.99. The molecule has 0 radical (unpaired) electrons. The Morgan fingerprint density at radius 2 is 2.14 bits per heavy atom. The standard InChI is InChI=1S/C15H22N2O4/c1-15(2,3)21-14(19)16-8-12(10-4-5-10)17-13(18)11-6-7-20-9-11/h6-7,9-10,12H,4-5,8H2,1-3H3,(H,16,19)(H,17,18)/t12-/m1/s1. The molecule has 0 saturated heterocycles. The van der Waals surface area contributed by atoms with E-state index in [9.17, 15) is 9.59 Å². The van der Waals surface area contributed by atoms with Crippen LogP contribution in [0.25, 0.3) is 0 Å². The van der Waals surface area contributed by atoms with Gasteiger partial charge in [0.25, 0.3) is 5.91 Å². The van der Waals surface area contributed by atoms with Crippen molar-refractivity contribution in [1.29, 1.82) is 0 Å². The number of furan rings is 1. The van der Waals surface area contributed by atoms with Crippen LogP contribution in [0.4, 0.5) is 4.79 Å². The van der Waals surface area contributed by atoms with Crippen molar-refractivity contribution in [1.82, 2.24) is 10.6 Å². The average molecular weight is 294 g/mol. The van der Waals surface area contributed by atoms with Gasteiger partial charge in [-0.05, 0) is 45.6 Å². The maximum absolute atomic E-state index is 12.0. The van der Waals surface area contributed by atoms with E-state index in [-0.39, 0.29) is 11.9 Å². The second-order valence-electron chi connectivity index (χ2n) is 6.31. The predicted octanol–water partition coefficient (Wildman–Crippen LogP) is 2.31. The van der Waals surface area contributed by atoms with E-state index in [1.165, 1.54) is 12.5 Å². The molecule has 6 nitrogen and oxygen atoms in total. The van der Waals surface area contributed by atoms with Gasteiger partial charge in [0.15, 0.2) is 0 Å². The third kappa shape index (κ3) is 5.13. The van der Waals surface area contributed by atoms with Gasteiger partial charge in [-0.15, -0.1) is 0 Å². The highest BCUT2D eigenvalue weighted by Crippen LogP contribution is 2.32. The molecule has 1 atom stereocenters. The van der Waals surface area contributed by atoms with Gasteiger partial charge in [-0.1, -0.05) is 0 Å². The molecule has 0 bridgehead atoms. The largest absolute Gasteiger partial charge is 0.472 e. The Bertz CT molecular complexity index is 486.